The van der Waals surface area contributed by atoms with E-state index in [4.69, 9.17) is 21.8 Å². The van der Waals surface area contributed by atoms with Crippen LogP contribution in [0.5, 0.6) is 0 Å². The molecule has 2 heterocycles. The van der Waals surface area contributed by atoms with E-state index >= 15 is 0 Å². The Kier molecular flexibility index (Phi) is 4.74. The fraction of sp³-hybridized carbons (Fsp3) is 0.389. The Labute approximate surface area is 141 Å². The molecule has 1 aromatic heterocycles. The molecule has 1 aromatic carbocycles. The van der Waals surface area contributed by atoms with Crippen molar-refractivity contribution in [1.82, 2.24) is 4.90 Å². The molecule has 122 valence electrons. The number of amides is 1. The van der Waals surface area contributed by atoms with Crippen molar-refractivity contribution >= 4 is 17.5 Å². The Morgan fingerprint density at radius 1 is 1.35 bits per heavy atom. The molecule has 0 aliphatic carbocycles. The summed E-state index contributed by atoms with van der Waals surface area (Å²) in [4.78, 5) is 14.5. The van der Waals surface area contributed by atoms with Gasteiger partial charge in [-0.3, -0.25) is 4.79 Å². The number of piperidine rings is 1. The number of carbonyl (C=O) groups excluding carboxylic acids is 1. The summed E-state index contributed by atoms with van der Waals surface area (Å²) in [6, 6.07) is 11.0. The highest BCUT2D eigenvalue weighted by molar-refractivity contribution is 6.33. The monoisotopic (exact) mass is 332 g/mol. The number of benzene rings is 1. The number of hydrogen-bond donors (Lipinski definition) is 1. The normalized spacial score (nSPS) is 19.6. The van der Waals surface area contributed by atoms with E-state index in [9.17, 15) is 4.79 Å². The smallest absolute Gasteiger partial charge is 0.289 e. The van der Waals surface area contributed by atoms with Gasteiger partial charge in [0.15, 0.2) is 5.76 Å². The van der Waals surface area contributed by atoms with E-state index < -0.39 is 0 Å². The van der Waals surface area contributed by atoms with Crippen LogP contribution >= 0.6 is 11.6 Å². The number of carbonyl (C=O) groups is 1. The molecule has 2 atom stereocenters. The van der Waals surface area contributed by atoms with E-state index in [0.29, 0.717) is 29.0 Å². The molecule has 4 nitrogen and oxygen atoms in total. The van der Waals surface area contributed by atoms with Gasteiger partial charge in [-0.05, 0) is 49.9 Å². The minimum atomic E-state index is -0.0753. The van der Waals surface area contributed by atoms with E-state index in [1.807, 2.05) is 30.0 Å². The molecule has 0 radical (unpaired) electrons. The number of hydrogen-bond acceptors (Lipinski definition) is 3. The largest absolute Gasteiger partial charge is 0.451 e. The lowest BCUT2D eigenvalue weighted by Crippen LogP contribution is -2.44. The first-order valence-corrected chi connectivity index (χ1v) is 8.33. The molecule has 1 saturated heterocycles. The molecule has 0 saturated carbocycles. The number of nitrogens with two attached hydrogens (primary N) is 1. The lowest BCUT2D eigenvalue weighted by Gasteiger charge is -2.34. The second kappa shape index (κ2) is 6.77. The van der Waals surface area contributed by atoms with Crippen molar-refractivity contribution in [3.63, 3.8) is 0 Å². The van der Waals surface area contributed by atoms with Crippen LogP contribution in [0.15, 0.2) is 40.8 Å². The van der Waals surface area contributed by atoms with Crippen LogP contribution in [0, 0.1) is 5.92 Å². The summed E-state index contributed by atoms with van der Waals surface area (Å²) < 4.78 is 5.75. The molecular weight excluding hydrogens is 312 g/mol. The third-order valence-corrected chi connectivity index (χ3v) is 4.77. The van der Waals surface area contributed by atoms with Gasteiger partial charge in [0.25, 0.3) is 5.91 Å². The molecular formula is C18H21ClN2O2. The molecule has 1 amide bonds. The summed E-state index contributed by atoms with van der Waals surface area (Å²) in [6.07, 6.45) is 2.06. The topological polar surface area (TPSA) is 59.5 Å². The fourth-order valence-electron chi connectivity index (χ4n) is 3.04. The molecule has 1 aliphatic rings. The molecule has 5 heteroatoms. The van der Waals surface area contributed by atoms with Gasteiger partial charge in [-0.2, -0.15) is 0 Å². The highest BCUT2D eigenvalue weighted by Crippen LogP contribution is 2.30. The van der Waals surface area contributed by atoms with Crippen LogP contribution in [0.1, 0.15) is 30.3 Å². The van der Waals surface area contributed by atoms with Crippen LogP contribution in [0.4, 0.5) is 0 Å². The van der Waals surface area contributed by atoms with Gasteiger partial charge in [-0.25, -0.2) is 0 Å². The van der Waals surface area contributed by atoms with Gasteiger partial charge in [-0.15, -0.1) is 0 Å². The van der Waals surface area contributed by atoms with E-state index in [1.165, 1.54) is 0 Å². The molecule has 2 unspecified atom stereocenters. The predicted octanol–water partition coefficient (Wildman–Crippen LogP) is 3.80. The Bertz CT molecular complexity index is 696. The van der Waals surface area contributed by atoms with Crippen LogP contribution in [0.2, 0.25) is 5.02 Å². The zero-order chi connectivity index (χ0) is 16.4. The Balaban J connectivity index is 1.78. The van der Waals surface area contributed by atoms with E-state index in [1.54, 1.807) is 18.2 Å². The van der Waals surface area contributed by atoms with Crippen molar-refractivity contribution in [1.29, 1.82) is 0 Å². The van der Waals surface area contributed by atoms with Crippen LogP contribution in [0.3, 0.4) is 0 Å². The van der Waals surface area contributed by atoms with Gasteiger partial charge < -0.3 is 15.1 Å². The summed E-state index contributed by atoms with van der Waals surface area (Å²) in [5.41, 5.74) is 6.78. The maximum absolute atomic E-state index is 12.7. The van der Waals surface area contributed by atoms with E-state index in [-0.39, 0.29) is 11.9 Å². The average molecular weight is 333 g/mol. The highest BCUT2D eigenvalue weighted by atomic mass is 35.5. The lowest BCUT2D eigenvalue weighted by molar-refractivity contribution is 0.0630. The van der Waals surface area contributed by atoms with Gasteiger partial charge in [0.2, 0.25) is 0 Å². The van der Waals surface area contributed by atoms with E-state index in [2.05, 4.69) is 0 Å². The van der Waals surface area contributed by atoms with Crippen molar-refractivity contribution in [2.45, 2.75) is 25.8 Å². The fourth-order valence-corrected chi connectivity index (χ4v) is 3.27. The van der Waals surface area contributed by atoms with Crippen molar-refractivity contribution < 1.29 is 9.21 Å². The van der Waals surface area contributed by atoms with Crippen LogP contribution < -0.4 is 5.73 Å². The maximum Gasteiger partial charge on any atom is 0.289 e. The minimum absolute atomic E-state index is 0.0753. The van der Waals surface area contributed by atoms with Crippen LogP contribution in [-0.4, -0.2) is 29.9 Å². The number of furan rings is 1. The standard InChI is InChI=1S/C18H21ClN2O2/c1-12(20)13-5-4-10-21(11-13)18(22)17-9-8-16(23-17)14-6-2-3-7-15(14)19/h2-3,6-9,12-13H,4-5,10-11,20H2,1H3. The summed E-state index contributed by atoms with van der Waals surface area (Å²) in [7, 11) is 0. The highest BCUT2D eigenvalue weighted by Gasteiger charge is 2.28. The number of rotatable bonds is 3. The van der Waals surface area contributed by atoms with Crippen molar-refractivity contribution in [3.05, 3.63) is 47.2 Å². The molecule has 2 N–H and O–H groups in total. The molecule has 1 fully saturated rings. The first-order chi connectivity index (χ1) is 11.1. The van der Waals surface area contributed by atoms with Gasteiger partial charge in [0.05, 0.1) is 5.02 Å². The SMILES string of the molecule is CC(N)C1CCCN(C(=O)c2ccc(-c3ccccc3Cl)o2)C1. The second-order valence-electron chi connectivity index (χ2n) is 6.16. The summed E-state index contributed by atoms with van der Waals surface area (Å²) in [5.74, 6) is 1.24. The number of nitrogens with zero attached hydrogens (tertiary/aromatic N) is 1. The molecule has 3 rings (SSSR count). The first-order valence-electron chi connectivity index (χ1n) is 7.96. The summed E-state index contributed by atoms with van der Waals surface area (Å²) in [6.45, 7) is 3.45. The van der Waals surface area contributed by atoms with Gasteiger partial charge >= 0.3 is 0 Å². The Hall–Kier alpha value is -1.78. The van der Waals surface area contributed by atoms with Crippen LogP contribution in [0.25, 0.3) is 11.3 Å². The van der Waals surface area contributed by atoms with Gasteiger partial charge in [0.1, 0.15) is 5.76 Å². The first kappa shape index (κ1) is 16.1. The molecule has 23 heavy (non-hydrogen) atoms. The lowest BCUT2D eigenvalue weighted by atomic mass is 9.92. The second-order valence-corrected chi connectivity index (χ2v) is 6.56. The average Bonchev–Trinajstić information content (AvgIpc) is 3.04. The third-order valence-electron chi connectivity index (χ3n) is 4.44. The number of likely N-dealkylation sites (tertiary alicyclic amines) is 1. The summed E-state index contributed by atoms with van der Waals surface area (Å²) >= 11 is 6.18. The minimum Gasteiger partial charge on any atom is -0.451 e. The Morgan fingerprint density at radius 2 is 2.13 bits per heavy atom. The van der Waals surface area contributed by atoms with Crippen molar-refractivity contribution in [2.75, 3.05) is 13.1 Å². The van der Waals surface area contributed by atoms with Crippen LogP contribution in [-0.2, 0) is 0 Å². The third kappa shape index (κ3) is 3.43. The summed E-state index contributed by atoms with van der Waals surface area (Å²) in [5, 5.41) is 0.607. The molecule has 0 spiro atoms. The van der Waals surface area contributed by atoms with E-state index in [0.717, 1.165) is 24.9 Å². The maximum atomic E-state index is 12.7. The quantitative estimate of drug-likeness (QED) is 0.930. The van der Waals surface area contributed by atoms with Gasteiger partial charge in [0, 0.05) is 24.7 Å². The van der Waals surface area contributed by atoms with Gasteiger partial charge in [-0.1, -0.05) is 23.7 Å². The number of halogens is 1. The molecule has 0 bridgehead atoms. The Morgan fingerprint density at radius 3 is 2.87 bits per heavy atom. The zero-order valence-electron chi connectivity index (χ0n) is 13.2. The van der Waals surface area contributed by atoms with Crippen molar-refractivity contribution in [3.8, 4) is 11.3 Å². The molecule has 2 aromatic rings. The predicted molar refractivity (Wildman–Crippen MR) is 91.4 cm³/mol. The van der Waals surface area contributed by atoms with Crippen molar-refractivity contribution in [2.24, 2.45) is 11.7 Å². The molecule has 1 aliphatic heterocycles. The zero-order valence-corrected chi connectivity index (χ0v) is 13.9.